The third kappa shape index (κ3) is 6.48. The number of aryl methyl sites for hydroxylation is 1. The number of phenolic OH excluding ortho intramolecular Hbond substituents is 1. The summed E-state index contributed by atoms with van der Waals surface area (Å²) in [6, 6.07) is 5.46. The maximum atomic E-state index is 13.5. The molecule has 3 heterocycles. The van der Waals surface area contributed by atoms with Gasteiger partial charge in [-0.2, -0.15) is 5.10 Å². The lowest BCUT2D eigenvalue weighted by atomic mass is 9.82. The lowest BCUT2D eigenvalue weighted by Gasteiger charge is -2.20. The van der Waals surface area contributed by atoms with Gasteiger partial charge >= 0.3 is 0 Å². The molecule has 3 aromatic rings. The van der Waals surface area contributed by atoms with E-state index >= 15 is 0 Å². The molecule has 0 aliphatic carbocycles. The molecule has 1 aromatic carbocycles. The minimum atomic E-state index is -0.408. The average Bonchev–Trinajstić information content (AvgIpc) is 3.56. The van der Waals surface area contributed by atoms with Gasteiger partial charge in [-0.25, -0.2) is 9.98 Å². The highest BCUT2D eigenvalue weighted by Crippen LogP contribution is 2.30. The molecule has 10 heteroatoms. The molecule has 1 saturated heterocycles. The minimum Gasteiger partial charge on any atom is -0.509 e. The fourth-order valence-corrected chi connectivity index (χ4v) is 5.36. The summed E-state index contributed by atoms with van der Waals surface area (Å²) in [4.78, 5) is 37.1. The van der Waals surface area contributed by atoms with Crippen LogP contribution in [-0.4, -0.2) is 51.8 Å². The van der Waals surface area contributed by atoms with Crippen molar-refractivity contribution in [3.63, 3.8) is 0 Å². The summed E-state index contributed by atoms with van der Waals surface area (Å²) in [5.74, 6) is 0.792. The van der Waals surface area contributed by atoms with Gasteiger partial charge in [-0.3, -0.25) is 19.2 Å². The van der Waals surface area contributed by atoms with E-state index in [0.717, 1.165) is 28.7 Å². The van der Waals surface area contributed by atoms with Crippen LogP contribution in [-0.2, 0) is 9.59 Å². The Morgan fingerprint density at radius 1 is 1.28 bits per heavy atom. The summed E-state index contributed by atoms with van der Waals surface area (Å²) < 4.78 is 1.76. The van der Waals surface area contributed by atoms with Crippen LogP contribution in [0.1, 0.15) is 82.2 Å². The van der Waals surface area contributed by atoms with Gasteiger partial charge in [0.05, 0.1) is 23.6 Å². The zero-order chi connectivity index (χ0) is 31.6. The average molecular weight is 581 g/mol. The number of carbonyl (C=O) groups is 2. The molecule has 2 aromatic heterocycles. The first kappa shape index (κ1) is 31.5. The largest absolute Gasteiger partial charge is 0.509 e. The molecule has 2 amide bonds. The third-order valence-corrected chi connectivity index (χ3v) is 8.01. The Labute approximate surface area is 254 Å². The number of anilines is 2. The molecule has 0 spiro atoms. The van der Waals surface area contributed by atoms with Crippen molar-refractivity contribution in [1.29, 1.82) is 0 Å². The summed E-state index contributed by atoms with van der Waals surface area (Å²) in [5.41, 5.74) is 6.21. The highest BCUT2D eigenvalue weighted by atomic mass is 16.3. The Kier molecular flexibility index (Phi) is 9.38. The highest BCUT2D eigenvalue weighted by molar-refractivity contribution is 6.49. The van der Waals surface area contributed by atoms with Crippen molar-refractivity contribution in [3.8, 4) is 5.75 Å². The maximum absolute atomic E-state index is 13.5. The molecule has 1 aliphatic rings. The van der Waals surface area contributed by atoms with Gasteiger partial charge in [0.15, 0.2) is 0 Å². The Morgan fingerprint density at radius 3 is 2.58 bits per heavy atom. The van der Waals surface area contributed by atoms with Crippen LogP contribution in [0, 0.1) is 12.8 Å². The number of benzene rings is 1. The number of amides is 2. The van der Waals surface area contributed by atoms with Crippen LogP contribution in [0.4, 0.5) is 11.5 Å². The number of hydrogen-bond acceptors (Lipinski definition) is 6. The predicted octanol–water partition coefficient (Wildman–Crippen LogP) is 4.67. The number of aromatic hydroxyl groups is 1. The lowest BCUT2D eigenvalue weighted by molar-refractivity contribution is -0.120. The monoisotopic (exact) mass is 580 g/mol. The number of nitrogens with one attached hydrogen (secondary N) is 1. The smallest absolute Gasteiger partial charge is 0.274 e. The molecular weight excluding hydrogens is 539 g/mol. The summed E-state index contributed by atoms with van der Waals surface area (Å²) in [6.07, 6.45) is 7.81. The maximum Gasteiger partial charge on any atom is 0.274 e. The van der Waals surface area contributed by atoms with Gasteiger partial charge in [0.25, 0.3) is 5.91 Å². The van der Waals surface area contributed by atoms with Crippen LogP contribution in [0.25, 0.3) is 5.70 Å². The van der Waals surface area contributed by atoms with Gasteiger partial charge in [0.1, 0.15) is 25.1 Å². The van der Waals surface area contributed by atoms with Crippen LogP contribution >= 0.6 is 0 Å². The lowest BCUT2D eigenvalue weighted by Crippen LogP contribution is -2.28. The van der Waals surface area contributed by atoms with Crippen LogP contribution in [0.5, 0.6) is 5.75 Å². The number of allylic oxidation sites excluding steroid dienone is 1. The van der Waals surface area contributed by atoms with Crippen LogP contribution in [0.15, 0.2) is 60.0 Å². The minimum absolute atomic E-state index is 0.0193. The van der Waals surface area contributed by atoms with Gasteiger partial charge in [-0.05, 0) is 79.9 Å². The van der Waals surface area contributed by atoms with Gasteiger partial charge in [-0.1, -0.05) is 39.5 Å². The number of pyridine rings is 1. The van der Waals surface area contributed by atoms with E-state index in [1.54, 1.807) is 41.2 Å². The molecule has 9 nitrogen and oxygen atoms in total. The van der Waals surface area contributed by atoms with Gasteiger partial charge in [-0.15, -0.1) is 0 Å². The normalized spacial score (nSPS) is 16.6. The Morgan fingerprint density at radius 2 is 2.00 bits per heavy atom. The van der Waals surface area contributed by atoms with Gasteiger partial charge in [0.2, 0.25) is 5.91 Å². The first-order valence-corrected chi connectivity index (χ1v) is 14.7. The first-order valence-electron chi connectivity index (χ1n) is 14.7. The highest BCUT2D eigenvalue weighted by Gasteiger charge is 2.31. The molecule has 224 valence electrons. The fraction of sp³-hybridized carbons (Fsp3) is 0.364. The fourth-order valence-electron chi connectivity index (χ4n) is 5.36. The topological polar surface area (TPSA) is 113 Å². The standard InChI is InChI=1S/C33H41BN6O3/c1-9-26(28-25(18(2)3)10-11-27(41)29(28)34)38-30(19(4)5)32(42)37-24-16-36-40(17-24)22(8)23-14-21(7)31(35-15-23)39-13-12-20(6)33(39)43/h9-11,14-18,20,22,41H,4,12-13,34H2,1-3,5-8H3,(H,37,42)/b26-9-,38-30+/t20-,22?/m1/s1. The molecule has 0 radical (unpaired) electrons. The molecule has 0 saturated carbocycles. The van der Waals surface area contributed by atoms with Crippen molar-refractivity contribution >= 4 is 48.0 Å². The number of aliphatic imine (C=N–C) groups is 1. The Hall–Kier alpha value is -4.47. The van der Waals surface area contributed by atoms with E-state index in [4.69, 9.17) is 4.99 Å². The second-order valence-corrected chi connectivity index (χ2v) is 11.7. The van der Waals surface area contributed by atoms with E-state index in [-0.39, 0.29) is 35.2 Å². The zero-order valence-corrected chi connectivity index (χ0v) is 26.4. The van der Waals surface area contributed by atoms with Gasteiger partial charge < -0.3 is 10.4 Å². The summed E-state index contributed by atoms with van der Waals surface area (Å²) in [5, 5.41) is 17.8. The Bertz CT molecular complexity index is 1640. The van der Waals surface area contributed by atoms with Crippen molar-refractivity contribution < 1.29 is 14.7 Å². The molecular formula is C33H41BN6O3. The molecule has 1 aliphatic heterocycles. The van der Waals surface area contributed by atoms with Crippen LogP contribution in [0.3, 0.4) is 0 Å². The number of phenols is 1. The molecule has 2 N–H and O–H groups in total. The van der Waals surface area contributed by atoms with E-state index in [0.29, 0.717) is 34.8 Å². The van der Waals surface area contributed by atoms with Crippen LogP contribution < -0.4 is 15.7 Å². The van der Waals surface area contributed by atoms with E-state index in [9.17, 15) is 14.7 Å². The van der Waals surface area contributed by atoms with E-state index < -0.39 is 5.91 Å². The third-order valence-electron chi connectivity index (χ3n) is 8.01. The number of hydrogen-bond donors (Lipinski definition) is 2. The van der Waals surface area contributed by atoms with E-state index in [1.807, 2.05) is 53.7 Å². The molecule has 43 heavy (non-hydrogen) atoms. The van der Waals surface area contributed by atoms with E-state index in [2.05, 4.69) is 35.8 Å². The summed E-state index contributed by atoms with van der Waals surface area (Å²) in [7, 11) is 1.85. The van der Waals surface area contributed by atoms with Crippen molar-refractivity contribution in [3.05, 3.63) is 77.3 Å². The van der Waals surface area contributed by atoms with Crippen molar-refractivity contribution in [1.82, 2.24) is 14.8 Å². The molecule has 4 rings (SSSR count). The Balaban J connectivity index is 1.55. The SMILES string of the molecule is Bc1c(O)ccc(C(C)C)c1C(=C/C)/N=C(\C(=C)C)C(=O)Nc1cnn(C(C)c2cnc(N3CC[C@@H](C)C3=O)c(C)c2)c1. The molecule has 2 atom stereocenters. The second-order valence-electron chi connectivity index (χ2n) is 11.7. The number of aromatic nitrogens is 3. The molecule has 0 bridgehead atoms. The number of carbonyl (C=O) groups excluding carboxylic acids is 2. The van der Waals surface area contributed by atoms with Crippen molar-refractivity contribution in [2.75, 3.05) is 16.8 Å². The number of nitrogens with zero attached hydrogens (tertiary/aromatic N) is 5. The zero-order valence-electron chi connectivity index (χ0n) is 26.4. The second kappa shape index (κ2) is 12.8. The van der Waals surface area contributed by atoms with Crippen LogP contribution in [0.2, 0.25) is 0 Å². The summed E-state index contributed by atoms with van der Waals surface area (Å²) in [6.45, 7) is 18.4. The van der Waals surface area contributed by atoms with Crippen molar-refractivity contribution in [2.24, 2.45) is 10.9 Å². The molecule has 1 unspecified atom stereocenters. The predicted molar refractivity (Wildman–Crippen MR) is 176 cm³/mol. The first-order chi connectivity index (χ1) is 20.3. The quantitative estimate of drug-likeness (QED) is 0.282. The molecule has 1 fully saturated rings. The van der Waals surface area contributed by atoms with E-state index in [1.165, 1.54) is 0 Å². The summed E-state index contributed by atoms with van der Waals surface area (Å²) >= 11 is 0. The van der Waals surface area contributed by atoms with Gasteiger partial charge in [0, 0.05) is 30.4 Å². The number of rotatable bonds is 9. The van der Waals surface area contributed by atoms with Crippen molar-refractivity contribution in [2.45, 2.75) is 66.8 Å².